The summed E-state index contributed by atoms with van der Waals surface area (Å²) in [7, 11) is 0. The SMILES string of the molecule is CC(C)(C)c1cc(CSC2CCCCCCC2SCc2cc(C(C)(C)C)cc(C(C)(C)c3cccc4c3oc3ccccc34)c2O)c(O)c(C(C)(C)c2cccc3c2oc2ccccc23)c1. The van der Waals surface area contributed by atoms with Crippen LogP contribution in [0, 0.1) is 0 Å². The number of aromatic hydroxyl groups is 2. The van der Waals surface area contributed by atoms with E-state index >= 15 is 0 Å². The van der Waals surface area contributed by atoms with Crippen LogP contribution in [0.15, 0.2) is 118 Å². The zero-order valence-corrected chi connectivity index (χ0v) is 42.4. The van der Waals surface area contributed by atoms with E-state index in [9.17, 15) is 10.2 Å². The van der Waals surface area contributed by atoms with Crippen LogP contribution in [0.5, 0.6) is 11.5 Å². The predicted octanol–water partition coefficient (Wildman–Crippen LogP) is 17.4. The number of benzene rings is 6. The first-order chi connectivity index (χ1) is 31.3. The molecule has 0 bridgehead atoms. The second kappa shape index (κ2) is 17.7. The first-order valence-electron chi connectivity index (χ1n) is 24.1. The van der Waals surface area contributed by atoms with E-state index in [0.29, 0.717) is 22.0 Å². The molecular formula is C60H68O4S2. The average molecular weight is 917 g/mol. The molecule has 0 radical (unpaired) electrons. The molecule has 4 nitrogen and oxygen atoms in total. The molecule has 1 aliphatic rings. The number of rotatable bonds is 10. The summed E-state index contributed by atoms with van der Waals surface area (Å²) in [5.74, 6) is 2.24. The summed E-state index contributed by atoms with van der Waals surface area (Å²) in [6.07, 6.45) is 7.22. The Morgan fingerprint density at radius 3 is 1.23 bits per heavy atom. The van der Waals surface area contributed by atoms with Gasteiger partial charge < -0.3 is 19.0 Å². The molecule has 344 valence electrons. The fraction of sp³-hybridized carbons (Fsp3) is 0.400. The number of fused-ring (bicyclic) bond motifs is 6. The van der Waals surface area contributed by atoms with Crippen LogP contribution < -0.4 is 0 Å². The summed E-state index contributed by atoms with van der Waals surface area (Å²) < 4.78 is 13.1. The number of hydrogen-bond acceptors (Lipinski definition) is 6. The van der Waals surface area contributed by atoms with Gasteiger partial charge in [0.1, 0.15) is 33.8 Å². The highest BCUT2D eigenvalue weighted by atomic mass is 32.2. The minimum Gasteiger partial charge on any atom is -0.507 e. The van der Waals surface area contributed by atoms with Crippen molar-refractivity contribution in [3.63, 3.8) is 0 Å². The lowest BCUT2D eigenvalue weighted by Crippen LogP contribution is -2.24. The molecule has 0 amide bonds. The third kappa shape index (κ3) is 8.66. The summed E-state index contributed by atoms with van der Waals surface area (Å²) in [6.45, 7) is 22.5. The van der Waals surface area contributed by atoms with E-state index in [1.165, 1.54) is 36.8 Å². The second-order valence-electron chi connectivity index (χ2n) is 22.1. The van der Waals surface area contributed by atoms with Crippen LogP contribution in [0.2, 0.25) is 0 Å². The van der Waals surface area contributed by atoms with Crippen LogP contribution in [-0.2, 0) is 33.2 Å². The Morgan fingerprint density at radius 1 is 0.455 bits per heavy atom. The van der Waals surface area contributed by atoms with E-state index < -0.39 is 10.8 Å². The van der Waals surface area contributed by atoms with Crippen molar-refractivity contribution in [1.29, 1.82) is 0 Å². The first-order valence-corrected chi connectivity index (χ1v) is 26.2. The Bertz CT molecular complexity index is 2850. The van der Waals surface area contributed by atoms with Crippen LogP contribution in [0.4, 0.5) is 0 Å². The van der Waals surface area contributed by atoms with Crippen molar-refractivity contribution >= 4 is 67.4 Å². The Kier molecular flexibility index (Phi) is 12.4. The van der Waals surface area contributed by atoms with Crippen molar-refractivity contribution in [3.8, 4) is 11.5 Å². The maximum atomic E-state index is 12.4. The molecule has 2 N–H and O–H groups in total. The Morgan fingerprint density at radius 2 is 0.833 bits per heavy atom. The molecule has 2 aromatic heterocycles. The lowest BCUT2D eigenvalue weighted by Gasteiger charge is -2.32. The monoisotopic (exact) mass is 916 g/mol. The number of furan rings is 2. The molecule has 2 unspecified atom stereocenters. The third-order valence-electron chi connectivity index (χ3n) is 14.7. The highest BCUT2D eigenvalue weighted by Gasteiger charge is 2.35. The maximum absolute atomic E-state index is 12.4. The molecular weight excluding hydrogens is 849 g/mol. The van der Waals surface area contributed by atoms with Gasteiger partial charge >= 0.3 is 0 Å². The van der Waals surface area contributed by atoms with Crippen molar-refractivity contribution in [2.45, 2.75) is 151 Å². The van der Waals surface area contributed by atoms with Gasteiger partial charge in [0.25, 0.3) is 0 Å². The van der Waals surface area contributed by atoms with Gasteiger partial charge in [-0.25, -0.2) is 0 Å². The van der Waals surface area contributed by atoms with Crippen molar-refractivity contribution in [3.05, 3.63) is 154 Å². The second-order valence-corrected chi connectivity index (χ2v) is 24.5. The largest absolute Gasteiger partial charge is 0.507 e. The quantitative estimate of drug-likeness (QED) is 0.142. The van der Waals surface area contributed by atoms with Gasteiger partial charge in [0, 0.05) is 87.8 Å². The van der Waals surface area contributed by atoms with Gasteiger partial charge in [-0.2, -0.15) is 23.5 Å². The van der Waals surface area contributed by atoms with Crippen LogP contribution in [0.3, 0.4) is 0 Å². The first kappa shape index (κ1) is 46.3. The fourth-order valence-electron chi connectivity index (χ4n) is 10.4. The molecule has 0 spiro atoms. The molecule has 2 heterocycles. The normalized spacial score (nSPS) is 16.9. The minimum absolute atomic E-state index is 0.114. The smallest absolute Gasteiger partial charge is 0.139 e. The van der Waals surface area contributed by atoms with Gasteiger partial charge in [0.15, 0.2) is 0 Å². The van der Waals surface area contributed by atoms with Crippen LogP contribution in [0.1, 0.15) is 152 Å². The summed E-state index contributed by atoms with van der Waals surface area (Å²) >= 11 is 4.03. The minimum atomic E-state index is -0.535. The van der Waals surface area contributed by atoms with Gasteiger partial charge in [0.2, 0.25) is 0 Å². The lowest BCUT2D eigenvalue weighted by atomic mass is 9.74. The van der Waals surface area contributed by atoms with Gasteiger partial charge in [-0.3, -0.25) is 0 Å². The summed E-state index contributed by atoms with van der Waals surface area (Å²) in [5.41, 5.74) is 10.7. The molecule has 1 fully saturated rings. The molecule has 2 atom stereocenters. The number of para-hydroxylation sites is 4. The zero-order chi connectivity index (χ0) is 46.8. The van der Waals surface area contributed by atoms with Crippen molar-refractivity contribution in [2.75, 3.05) is 0 Å². The summed E-state index contributed by atoms with van der Waals surface area (Å²) in [6, 6.07) is 38.4. The molecule has 9 rings (SSSR count). The highest BCUT2D eigenvalue weighted by molar-refractivity contribution is 8.03. The third-order valence-corrected chi connectivity index (χ3v) is 17.8. The molecule has 66 heavy (non-hydrogen) atoms. The van der Waals surface area contributed by atoms with E-state index in [1.807, 2.05) is 47.8 Å². The molecule has 8 aromatic rings. The standard InChI is InChI=1S/C60H68O4S2/c1-57(2,3)39-31-37(53(61)47(33-39)59(7,8)45-25-19-23-43-41-21-15-17-27-49(41)63-55(43)45)35-65-51-29-13-11-12-14-30-52(51)66-36-38-32-40(58(4,5)6)34-48(54(38)62)60(9,10)46-26-20-24-44-42-22-16-18-28-50(42)64-56(44)46/h15-28,31-34,51-52,61-62H,11-14,29-30,35-36H2,1-10H3. The maximum Gasteiger partial charge on any atom is 0.139 e. The summed E-state index contributed by atoms with van der Waals surface area (Å²) in [5, 5.41) is 30.1. The summed E-state index contributed by atoms with van der Waals surface area (Å²) in [4.78, 5) is 0. The number of thioether (sulfide) groups is 2. The Balaban J connectivity index is 1.03. The number of hydrogen-bond donors (Lipinski definition) is 2. The van der Waals surface area contributed by atoms with E-state index in [-0.39, 0.29) is 10.8 Å². The van der Waals surface area contributed by atoms with Crippen molar-refractivity contribution in [2.24, 2.45) is 0 Å². The van der Waals surface area contributed by atoms with E-state index in [2.05, 4.69) is 154 Å². The van der Waals surface area contributed by atoms with Gasteiger partial charge in [-0.1, -0.05) is 192 Å². The van der Waals surface area contributed by atoms with Crippen molar-refractivity contribution in [1.82, 2.24) is 0 Å². The van der Waals surface area contributed by atoms with Gasteiger partial charge in [0.05, 0.1) is 0 Å². The van der Waals surface area contributed by atoms with Gasteiger partial charge in [-0.15, -0.1) is 0 Å². The number of phenolic OH excluding ortho intramolecular Hbond substituents is 2. The number of phenols is 2. The van der Waals surface area contributed by atoms with Crippen LogP contribution in [-0.4, -0.2) is 20.7 Å². The van der Waals surface area contributed by atoms with Crippen molar-refractivity contribution < 1.29 is 19.0 Å². The van der Waals surface area contributed by atoms with E-state index in [4.69, 9.17) is 8.83 Å². The van der Waals surface area contributed by atoms with Crippen LogP contribution >= 0.6 is 23.5 Å². The van der Waals surface area contributed by atoms with Gasteiger partial charge in [-0.05, 0) is 46.9 Å². The van der Waals surface area contributed by atoms with E-state index in [1.54, 1.807) is 0 Å². The topological polar surface area (TPSA) is 66.7 Å². The molecule has 0 aliphatic heterocycles. The molecule has 0 saturated heterocycles. The highest BCUT2D eigenvalue weighted by Crippen LogP contribution is 2.49. The zero-order valence-electron chi connectivity index (χ0n) is 40.7. The molecule has 1 saturated carbocycles. The Hall–Kier alpha value is -4.78. The van der Waals surface area contributed by atoms with Crippen LogP contribution in [0.25, 0.3) is 43.9 Å². The fourth-order valence-corrected chi connectivity index (χ4v) is 13.5. The predicted molar refractivity (Wildman–Crippen MR) is 283 cm³/mol. The lowest BCUT2D eigenvalue weighted by molar-refractivity contribution is 0.445. The average Bonchev–Trinajstić information content (AvgIpc) is 3.84. The van der Waals surface area contributed by atoms with E-state index in [0.717, 1.165) is 102 Å². The molecule has 1 aliphatic carbocycles. The molecule has 6 aromatic carbocycles. The Labute approximate surface area is 401 Å². The molecule has 6 heteroatoms.